The summed E-state index contributed by atoms with van der Waals surface area (Å²) in [7, 11) is 0. The van der Waals surface area contributed by atoms with E-state index in [4.69, 9.17) is 0 Å². The normalized spacial score (nSPS) is 11.5. The van der Waals surface area contributed by atoms with Crippen LogP contribution in [-0.2, 0) is 0 Å². The molecule has 0 bridgehead atoms. The van der Waals surface area contributed by atoms with E-state index in [9.17, 15) is 0 Å². The molecule has 0 amide bonds. The van der Waals surface area contributed by atoms with Crippen LogP contribution in [0, 0.1) is 0 Å². The molecule has 0 radical (unpaired) electrons. The van der Waals surface area contributed by atoms with Crippen molar-refractivity contribution in [1.82, 2.24) is 9.13 Å². The molecule has 0 aliphatic carbocycles. The van der Waals surface area contributed by atoms with Gasteiger partial charge in [-0.05, 0) is 139 Å². The molecule has 0 saturated carbocycles. The number of benzene rings is 12. The average Bonchev–Trinajstić information content (AvgIpc) is 4.04. The molecule has 2 heteroatoms. The fourth-order valence-corrected chi connectivity index (χ4v) is 11.4. The average molecular weight is 941 g/mol. The Morgan fingerprint density at radius 2 is 0.568 bits per heavy atom. The van der Waals surface area contributed by atoms with Gasteiger partial charge in [-0.25, -0.2) is 0 Å². The third kappa shape index (κ3) is 7.52. The van der Waals surface area contributed by atoms with Crippen LogP contribution in [0.4, 0.5) is 0 Å². The highest BCUT2D eigenvalue weighted by Crippen LogP contribution is 2.43. The van der Waals surface area contributed by atoms with Crippen molar-refractivity contribution in [3.05, 3.63) is 291 Å². The van der Waals surface area contributed by atoms with E-state index in [1.54, 1.807) is 0 Å². The summed E-state index contributed by atoms with van der Waals surface area (Å²) in [6, 6.07) is 106. The van der Waals surface area contributed by atoms with Gasteiger partial charge >= 0.3 is 0 Å². The van der Waals surface area contributed by atoms with Crippen LogP contribution in [-0.4, -0.2) is 9.13 Å². The molecule has 14 rings (SSSR count). The Balaban J connectivity index is 0.903. The van der Waals surface area contributed by atoms with Crippen molar-refractivity contribution >= 4 is 43.6 Å². The van der Waals surface area contributed by atoms with Crippen molar-refractivity contribution in [2.75, 3.05) is 0 Å². The van der Waals surface area contributed by atoms with Gasteiger partial charge in [-0.1, -0.05) is 224 Å². The molecule has 0 saturated heterocycles. The molecule has 2 heterocycles. The summed E-state index contributed by atoms with van der Waals surface area (Å²) in [4.78, 5) is 0. The van der Waals surface area contributed by atoms with E-state index in [2.05, 4.69) is 300 Å². The lowest BCUT2D eigenvalue weighted by Gasteiger charge is -2.16. The minimum absolute atomic E-state index is 1.15. The van der Waals surface area contributed by atoms with Gasteiger partial charge in [0.1, 0.15) is 0 Å². The molecule has 12 aromatic carbocycles. The molecular weight excluding hydrogens is 893 g/mol. The summed E-state index contributed by atoms with van der Waals surface area (Å²) in [5, 5.41) is 4.92. The topological polar surface area (TPSA) is 9.86 Å². The van der Waals surface area contributed by atoms with Gasteiger partial charge in [0, 0.05) is 32.8 Å². The molecule has 0 N–H and O–H groups in total. The first kappa shape index (κ1) is 43.1. The van der Waals surface area contributed by atoms with Crippen LogP contribution in [0.5, 0.6) is 0 Å². The minimum Gasteiger partial charge on any atom is -0.309 e. The van der Waals surface area contributed by atoms with Gasteiger partial charge in [0.25, 0.3) is 0 Å². The maximum Gasteiger partial charge on any atom is 0.0547 e. The van der Waals surface area contributed by atoms with Crippen molar-refractivity contribution in [3.63, 3.8) is 0 Å². The number of hydrogen-bond acceptors (Lipinski definition) is 0. The zero-order chi connectivity index (χ0) is 49.0. The Labute approximate surface area is 431 Å². The molecule has 14 aromatic rings. The van der Waals surface area contributed by atoms with Gasteiger partial charge in [-0.15, -0.1) is 0 Å². The maximum atomic E-state index is 2.48. The fourth-order valence-electron chi connectivity index (χ4n) is 11.4. The van der Waals surface area contributed by atoms with Gasteiger partial charge < -0.3 is 9.13 Å². The summed E-state index contributed by atoms with van der Waals surface area (Å²) in [5.74, 6) is 0. The highest BCUT2D eigenvalue weighted by molar-refractivity contribution is 6.17. The lowest BCUT2D eigenvalue weighted by atomic mass is 9.94. The summed E-state index contributed by atoms with van der Waals surface area (Å²) < 4.78 is 4.90. The van der Waals surface area contributed by atoms with Crippen molar-refractivity contribution in [1.29, 1.82) is 0 Å². The van der Waals surface area contributed by atoms with E-state index in [0.29, 0.717) is 0 Å². The predicted octanol–water partition coefficient (Wildman–Crippen LogP) is 19.5. The lowest BCUT2D eigenvalue weighted by molar-refractivity contribution is 1.18. The van der Waals surface area contributed by atoms with Gasteiger partial charge in [0.05, 0.1) is 27.8 Å². The van der Waals surface area contributed by atoms with Gasteiger partial charge in [0.15, 0.2) is 0 Å². The molecule has 0 atom stereocenters. The Hall–Kier alpha value is -9.76. The van der Waals surface area contributed by atoms with E-state index in [0.717, 1.165) is 11.4 Å². The second-order valence-corrected chi connectivity index (χ2v) is 19.3. The first-order chi connectivity index (χ1) is 36.7. The van der Waals surface area contributed by atoms with E-state index in [-0.39, 0.29) is 0 Å². The Morgan fingerprint density at radius 1 is 0.189 bits per heavy atom. The summed E-state index contributed by atoms with van der Waals surface area (Å²) >= 11 is 0. The molecule has 0 unspecified atom stereocenters. The van der Waals surface area contributed by atoms with Crippen LogP contribution >= 0.6 is 0 Å². The first-order valence-corrected chi connectivity index (χ1v) is 25.5. The van der Waals surface area contributed by atoms with Crippen LogP contribution < -0.4 is 0 Å². The fraction of sp³-hybridized carbons (Fsp3) is 0. The van der Waals surface area contributed by atoms with Gasteiger partial charge in [-0.3, -0.25) is 0 Å². The number of fused-ring (bicyclic) bond motifs is 6. The first-order valence-electron chi connectivity index (χ1n) is 25.5. The number of aromatic nitrogens is 2. The second kappa shape index (κ2) is 18.1. The van der Waals surface area contributed by atoms with Crippen LogP contribution in [0.2, 0.25) is 0 Å². The number of para-hydroxylation sites is 1. The van der Waals surface area contributed by atoms with Crippen LogP contribution in [0.15, 0.2) is 291 Å². The Morgan fingerprint density at radius 3 is 1.11 bits per heavy atom. The van der Waals surface area contributed by atoms with Crippen molar-refractivity contribution in [2.45, 2.75) is 0 Å². The number of hydrogen-bond donors (Lipinski definition) is 0. The molecule has 2 nitrogen and oxygen atoms in total. The second-order valence-electron chi connectivity index (χ2n) is 19.3. The lowest BCUT2D eigenvalue weighted by Crippen LogP contribution is -1.98. The third-order valence-electron chi connectivity index (χ3n) is 14.9. The SMILES string of the molecule is c1ccc(-c2cccc(-c3cccc4c3c3cc(-c5ccc(-c6ccc7c(c6)c6cc(-c8ccccc8)ccc6n7-c6cc(-c7ccccc7)ccc6-c6ccccc6)cc5)ccc3n4-c3ccccc3)c2)cc1. The van der Waals surface area contributed by atoms with Crippen LogP contribution in [0.25, 0.3) is 133 Å². The van der Waals surface area contributed by atoms with Crippen LogP contribution in [0.3, 0.4) is 0 Å². The zero-order valence-corrected chi connectivity index (χ0v) is 40.6. The predicted molar refractivity (Wildman–Crippen MR) is 313 cm³/mol. The summed E-state index contributed by atoms with van der Waals surface area (Å²) in [5.41, 5.74) is 23.7. The smallest absolute Gasteiger partial charge is 0.0547 e. The van der Waals surface area contributed by atoms with E-state index < -0.39 is 0 Å². The van der Waals surface area contributed by atoms with Crippen molar-refractivity contribution in [2.24, 2.45) is 0 Å². The number of nitrogens with zero attached hydrogens (tertiary/aromatic N) is 2. The third-order valence-corrected chi connectivity index (χ3v) is 14.9. The van der Waals surface area contributed by atoms with Gasteiger partial charge in [-0.2, -0.15) is 0 Å². The van der Waals surface area contributed by atoms with Gasteiger partial charge in [0.2, 0.25) is 0 Å². The van der Waals surface area contributed by atoms with Crippen molar-refractivity contribution < 1.29 is 0 Å². The van der Waals surface area contributed by atoms with E-state index in [1.807, 2.05) is 0 Å². The molecule has 0 spiro atoms. The molecule has 0 aliphatic heterocycles. The molecule has 346 valence electrons. The molecule has 0 aliphatic rings. The number of rotatable bonds is 9. The monoisotopic (exact) mass is 940 g/mol. The highest BCUT2D eigenvalue weighted by atomic mass is 15.0. The molecular formula is C72H48N2. The molecule has 74 heavy (non-hydrogen) atoms. The Kier molecular flexibility index (Phi) is 10.6. The standard InChI is InChI=1S/C72H48N2/c1-6-18-49(19-7-1)55-26-16-27-60(44-55)63-30-17-31-70-72(63)66-47-58(39-43-69(66)73(70)61-28-14-5-15-29-61)53-34-32-52(33-35-53)57-38-42-68-65(46-57)64-45-56(50-20-8-2-9-21-50)37-41-67(64)74(68)71-48-59(51-22-10-3-11-23-51)36-40-62(71)54-24-12-4-13-25-54/h1-48H. The maximum absolute atomic E-state index is 2.48. The van der Waals surface area contributed by atoms with Crippen molar-refractivity contribution in [3.8, 4) is 89.3 Å². The quantitative estimate of drug-likeness (QED) is 0.136. The highest BCUT2D eigenvalue weighted by Gasteiger charge is 2.20. The summed E-state index contributed by atoms with van der Waals surface area (Å²) in [6.45, 7) is 0. The van der Waals surface area contributed by atoms with E-state index >= 15 is 0 Å². The Bertz CT molecular complexity index is 4360. The molecule has 0 fully saturated rings. The van der Waals surface area contributed by atoms with Crippen LogP contribution in [0.1, 0.15) is 0 Å². The molecule has 2 aromatic heterocycles. The summed E-state index contributed by atoms with van der Waals surface area (Å²) in [6.07, 6.45) is 0. The van der Waals surface area contributed by atoms with E-state index in [1.165, 1.54) is 122 Å². The largest absolute Gasteiger partial charge is 0.309 e. The zero-order valence-electron chi connectivity index (χ0n) is 40.6. The minimum atomic E-state index is 1.15.